The maximum atomic E-state index is 12.2. The van der Waals surface area contributed by atoms with Crippen LogP contribution in [0.3, 0.4) is 0 Å². The van der Waals surface area contributed by atoms with E-state index < -0.39 is 11.9 Å². The van der Waals surface area contributed by atoms with Crippen LogP contribution in [0.25, 0.3) is 0 Å². The van der Waals surface area contributed by atoms with Crippen LogP contribution in [0.2, 0.25) is 0 Å². The van der Waals surface area contributed by atoms with Crippen LogP contribution >= 0.6 is 0 Å². The maximum Gasteiger partial charge on any atom is 0.308 e. The van der Waals surface area contributed by atoms with Gasteiger partial charge in [0.2, 0.25) is 5.91 Å². The topological polar surface area (TPSA) is 106 Å². The van der Waals surface area contributed by atoms with E-state index >= 15 is 0 Å². The lowest BCUT2D eigenvalue weighted by molar-refractivity contribution is -0.144. The van der Waals surface area contributed by atoms with E-state index in [0.717, 1.165) is 38.3 Å². The number of amides is 1. The Bertz CT molecular complexity index is 822. The lowest BCUT2D eigenvalue weighted by atomic mass is 10.0. The Hall–Kier alpha value is -2.97. The zero-order valence-corrected chi connectivity index (χ0v) is 16.2. The monoisotopic (exact) mass is 398 g/mol. The molecular formula is C21H26N4O4. The van der Waals surface area contributed by atoms with Crippen LogP contribution in [0, 0.1) is 5.92 Å². The summed E-state index contributed by atoms with van der Waals surface area (Å²) in [5.74, 6) is -2.09. The number of benzene rings is 1. The summed E-state index contributed by atoms with van der Waals surface area (Å²) in [6.07, 6.45) is 3.50. The van der Waals surface area contributed by atoms with Gasteiger partial charge in [-0.05, 0) is 23.8 Å². The first-order valence-electron chi connectivity index (χ1n) is 9.65. The fraction of sp³-hybridized carbons (Fsp3) is 0.381. The van der Waals surface area contributed by atoms with Crippen molar-refractivity contribution in [2.45, 2.75) is 13.0 Å². The Morgan fingerprint density at radius 1 is 1.10 bits per heavy atom. The fourth-order valence-corrected chi connectivity index (χ4v) is 3.44. The molecular weight excluding hydrogens is 372 g/mol. The molecule has 0 spiro atoms. The van der Waals surface area contributed by atoms with Crippen LogP contribution in [0.4, 0.5) is 5.69 Å². The third-order valence-corrected chi connectivity index (χ3v) is 4.98. The van der Waals surface area contributed by atoms with Gasteiger partial charge in [0, 0.05) is 69.8 Å². The van der Waals surface area contributed by atoms with Crippen molar-refractivity contribution >= 4 is 17.6 Å². The molecule has 1 aromatic carbocycles. The summed E-state index contributed by atoms with van der Waals surface area (Å²) in [5.41, 5.74) is 1.61. The molecule has 2 aromatic rings. The third kappa shape index (κ3) is 6.55. The highest BCUT2D eigenvalue weighted by Crippen LogP contribution is 2.17. The molecule has 0 unspecified atom stereocenters. The van der Waals surface area contributed by atoms with Crippen LogP contribution in [0.15, 0.2) is 48.8 Å². The van der Waals surface area contributed by atoms with Gasteiger partial charge in [-0.25, -0.2) is 0 Å². The number of hydrogen-bond acceptors (Lipinski definition) is 6. The molecule has 8 nitrogen and oxygen atoms in total. The summed E-state index contributed by atoms with van der Waals surface area (Å²) in [5, 5.41) is 21.7. The number of phenolic OH excluding ortho intramolecular Hbond substituents is 1. The van der Waals surface area contributed by atoms with E-state index in [4.69, 9.17) is 0 Å². The normalized spacial score (nSPS) is 16.3. The predicted octanol–water partition coefficient (Wildman–Crippen LogP) is 1.63. The Kier molecular flexibility index (Phi) is 7.15. The molecule has 3 N–H and O–H groups in total. The summed E-state index contributed by atoms with van der Waals surface area (Å²) >= 11 is 0. The van der Waals surface area contributed by atoms with Crippen molar-refractivity contribution in [3.05, 3.63) is 54.4 Å². The number of anilines is 1. The first-order chi connectivity index (χ1) is 14.0. The molecule has 0 aliphatic carbocycles. The number of piperazine rings is 1. The van der Waals surface area contributed by atoms with Crippen LogP contribution in [-0.4, -0.2) is 69.6 Å². The Morgan fingerprint density at radius 2 is 1.86 bits per heavy atom. The quantitative estimate of drug-likeness (QED) is 0.621. The molecule has 0 radical (unpaired) electrons. The maximum absolute atomic E-state index is 12.2. The molecule has 1 atom stereocenters. The van der Waals surface area contributed by atoms with Gasteiger partial charge in [-0.1, -0.05) is 12.1 Å². The van der Waals surface area contributed by atoms with Crippen LogP contribution in [0.1, 0.15) is 12.0 Å². The second-order valence-corrected chi connectivity index (χ2v) is 7.28. The number of carbonyl (C=O) groups excluding carboxylic acids is 1. The summed E-state index contributed by atoms with van der Waals surface area (Å²) in [4.78, 5) is 32.5. The third-order valence-electron chi connectivity index (χ3n) is 4.98. The molecule has 1 amide bonds. The summed E-state index contributed by atoms with van der Waals surface area (Å²) in [6, 6.07) is 10.2. The Labute approximate surface area is 169 Å². The van der Waals surface area contributed by atoms with E-state index in [-0.39, 0.29) is 18.1 Å². The molecule has 1 saturated heterocycles. The van der Waals surface area contributed by atoms with Crippen LogP contribution in [-0.2, 0) is 16.1 Å². The van der Waals surface area contributed by atoms with Crippen molar-refractivity contribution in [2.24, 2.45) is 5.92 Å². The van der Waals surface area contributed by atoms with Gasteiger partial charge >= 0.3 is 5.97 Å². The van der Waals surface area contributed by atoms with E-state index in [1.54, 1.807) is 18.3 Å². The van der Waals surface area contributed by atoms with E-state index in [1.807, 2.05) is 18.3 Å². The van der Waals surface area contributed by atoms with E-state index in [9.17, 15) is 19.8 Å². The molecule has 154 valence electrons. The zero-order chi connectivity index (χ0) is 20.6. The standard InChI is InChI=1S/C21H26N4O4/c26-19-5-1-4-18(12-19)23-20(27)11-17(21(28)29)15-25-9-7-24(8-10-25)14-16-3-2-6-22-13-16/h1-6,12-13,17,26H,7-11,14-15H2,(H,23,27)(H,28,29)/t17-/m0/s1. The van der Waals surface area contributed by atoms with E-state index in [0.29, 0.717) is 12.2 Å². The van der Waals surface area contributed by atoms with Crippen molar-refractivity contribution in [2.75, 3.05) is 38.0 Å². The number of phenols is 1. The number of carboxylic acids is 1. The van der Waals surface area contributed by atoms with Crippen LogP contribution in [0.5, 0.6) is 5.75 Å². The van der Waals surface area contributed by atoms with Gasteiger partial charge < -0.3 is 15.5 Å². The minimum atomic E-state index is -0.978. The number of carbonyl (C=O) groups is 2. The molecule has 0 bridgehead atoms. The molecule has 1 aliphatic rings. The average Bonchev–Trinajstić information content (AvgIpc) is 2.69. The number of carboxylic acid groups (broad SMARTS) is 1. The highest BCUT2D eigenvalue weighted by molar-refractivity contribution is 5.93. The van der Waals surface area contributed by atoms with E-state index in [2.05, 4.69) is 20.1 Å². The molecule has 1 aliphatic heterocycles. The first-order valence-corrected chi connectivity index (χ1v) is 9.65. The highest BCUT2D eigenvalue weighted by Gasteiger charge is 2.26. The zero-order valence-electron chi connectivity index (χ0n) is 16.2. The van der Waals surface area contributed by atoms with Gasteiger partial charge in [0.05, 0.1) is 5.92 Å². The number of rotatable bonds is 8. The average molecular weight is 398 g/mol. The fourth-order valence-electron chi connectivity index (χ4n) is 3.44. The first kappa shape index (κ1) is 20.8. The van der Waals surface area contributed by atoms with Gasteiger partial charge in [-0.2, -0.15) is 0 Å². The number of nitrogens with one attached hydrogen (secondary N) is 1. The lowest BCUT2D eigenvalue weighted by Gasteiger charge is -2.35. The predicted molar refractivity (Wildman–Crippen MR) is 108 cm³/mol. The summed E-state index contributed by atoms with van der Waals surface area (Å²) in [7, 11) is 0. The SMILES string of the molecule is O=C(C[C@@H](CN1CCN(Cc2cccnc2)CC1)C(=O)O)Nc1cccc(O)c1. The van der Waals surface area contributed by atoms with Crippen molar-refractivity contribution < 1.29 is 19.8 Å². The van der Waals surface area contributed by atoms with Crippen molar-refractivity contribution in [1.29, 1.82) is 0 Å². The van der Waals surface area contributed by atoms with Gasteiger partial charge in [-0.15, -0.1) is 0 Å². The molecule has 1 fully saturated rings. The number of aliphatic carboxylic acids is 1. The second-order valence-electron chi connectivity index (χ2n) is 7.28. The number of aromatic nitrogens is 1. The molecule has 0 saturated carbocycles. The Balaban J connectivity index is 1.47. The minimum Gasteiger partial charge on any atom is -0.508 e. The van der Waals surface area contributed by atoms with Crippen molar-refractivity contribution in [3.8, 4) is 5.75 Å². The number of aromatic hydroxyl groups is 1. The molecule has 3 rings (SSSR count). The molecule has 2 heterocycles. The smallest absolute Gasteiger partial charge is 0.308 e. The number of pyridine rings is 1. The van der Waals surface area contributed by atoms with Gasteiger partial charge in [0.25, 0.3) is 0 Å². The Morgan fingerprint density at radius 3 is 2.52 bits per heavy atom. The van der Waals surface area contributed by atoms with Crippen LogP contribution < -0.4 is 5.32 Å². The number of hydrogen-bond donors (Lipinski definition) is 3. The largest absolute Gasteiger partial charge is 0.508 e. The van der Waals surface area contributed by atoms with Gasteiger partial charge in [0.15, 0.2) is 0 Å². The summed E-state index contributed by atoms with van der Waals surface area (Å²) in [6.45, 7) is 4.38. The lowest BCUT2D eigenvalue weighted by Crippen LogP contribution is -2.48. The second kappa shape index (κ2) is 9.99. The van der Waals surface area contributed by atoms with E-state index in [1.165, 1.54) is 12.1 Å². The summed E-state index contributed by atoms with van der Waals surface area (Å²) < 4.78 is 0. The number of nitrogens with zero attached hydrogens (tertiary/aromatic N) is 3. The minimum absolute atomic E-state index is 0.0433. The van der Waals surface area contributed by atoms with Crippen molar-refractivity contribution in [1.82, 2.24) is 14.8 Å². The molecule has 1 aromatic heterocycles. The van der Waals surface area contributed by atoms with Gasteiger partial charge in [0.1, 0.15) is 5.75 Å². The molecule has 29 heavy (non-hydrogen) atoms. The van der Waals surface area contributed by atoms with Gasteiger partial charge in [-0.3, -0.25) is 24.4 Å². The molecule has 8 heteroatoms. The van der Waals surface area contributed by atoms with Crippen molar-refractivity contribution in [3.63, 3.8) is 0 Å². The highest BCUT2D eigenvalue weighted by atomic mass is 16.4.